The lowest BCUT2D eigenvalue weighted by molar-refractivity contribution is 0.0522. The minimum Gasteiger partial charge on any atom is -0.462 e. The molecule has 0 amide bonds. The van der Waals surface area contributed by atoms with E-state index >= 15 is 0 Å². The summed E-state index contributed by atoms with van der Waals surface area (Å²) >= 11 is 0. The van der Waals surface area contributed by atoms with Crippen molar-refractivity contribution in [2.45, 2.75) is 18.5 Å². The van der Waals surface area contributed by atoms with E-state index in [1.807, 2.05) is 0 Å². The number of aromatic nitrogens is 4. The normalized spacial score (nSPS) is 11.5. The first-order valence-electron chi connectivity index (χ1n) is 6.20. The maximum absolute atomic E-state index is 12.1. The van der Waals surface area contributed by atoms with Gasteiger partial charge in [0, 0.05) is 25.5 Å². The number of hydrogen-bond donors (Lipinski definition) is 2. The standard InChI is InChI=1S/C11H15N5O4S/c1-2-20-11(17)9-7-13-15-10(9)21(18,19)14-4-6-16-5-3-12-8-16/h3,5,7-8,14H,2,4,6H2,1H3,(H,13,15). The molecule has 0 aliphatic heterocycles. The fourth-order valence-electron chi connectivity index (χ4n) is 1.63. The summed E-state index contributed by atoms with van der Waals surface area (Å²) in [6.45, 7) is 2.36. The van der Waals surface area contributed by atoms with Crippen LogP contribution in [0.2, 0.25) is 0 Å². The molecule has 0 aliphatic carbocycles. The minimum atomic E-state index is -3.87. The molecule has 2 aromatic heterocycles. The molecule has 0 fully saturated rings. The molecule has 0 aromatic carbocycles. The minimum absolute atomic E-state index is 0.119. The molecule has 9 nitrogen and oxygen atoms in total. The van der Waals surface area contributed by atoms with Crippen LogP contribution in [0.25, 0.3) is 0 Å². The average molecular weight is 313 g/mol. The summed E-state index contributed by atoms with van der Waals surface area (Å²) in [6.07, 6.45) is 6.02. The van der Waals surface area contributed by atoms with Crippen LogP contribution in [0.4, 0.5) is 0 Å². The van der Waals surface area contributed by atoms with Gasteiger partial charge in [0.15, 0.2) is 5.03 Å². The van der Waals surface area contributed by atoms with E-state index in [9.17, 15) is 13.2 Å². The van der Waals surface area contributed by atoms with E-state index in [-0.39, 0.29) is 23.7 Å². The second-order valence-corrected chi connectivity index (χ2v) is 5.74. The number of carbonyl (C=O) groups excluding carboxylic acids is 1. The molecule has 0 saturated heterocycles. The molecule has 0 aliphatic rings. The first-order valence-corrected chi connectivity index (χ1v) is 7.69. The van der Waals surface area contributed by atoms with Crippen molar-refractivity contribution in [1.29, 1.82) is 0 Å². The number of sulfonamides is 1. The summed E-state index contributed by atoms with van der Waals surface area (Å²) in [7, 11) is -3.87. The number of nitrogens with one attached hydrogen (secondary N) is 2. The van der Waals surface area contributed by atoms with Gasteiger partial charge in [-0.2, -0.15) is 5.10 Å². The van der Waals surface area contributed by atoms with Gasteiger partial charge in [-0.1, -0.05) is 0 Å². The van der Waals surface area contributed by atoms with E-state index in [2.05, 4.69) is 19.9 Å². The van der Waals surface area contributed by atoms with Crippen LogP contribution < -0.4 is 4.72 Å². The fourth-order valence-corrected chi connectivity index (χ4v) is 2.74. The summed E-state index contributed by atoms with van der Waals surface area (Å²) < 4.78 is 33.2. The second-order valence-electron chi connectivity index (χ2n) is 4.03. The van der Waals surface area contributed by atoms with Gasteiger partial charge in [0.05, 0.1) is 19.1 Å². The third-order valence-electron chi connectivity index (χ3n) is 2.59. The van der Waals surface area contributed by atoms with E-state index in [0.29, 0.717) is 6.54 Å². The van der Waals surface area contributed by atoms with Gasteiger partial charge in [-0.15, -0.1) is 0 Å². The molecule has 0 atom stereocenters. The lowest BCUT2D eigenvalue weighted by atomic mass is 10.4. The van der Waals surface area contributed by atoms with Gasteiger partial charge in [0.25, 0.3) is 10.0 Å². The summed E-state index contributed by atoms with van der Waals surface area (Å²) in [5, 5.41) is 5.60. The first-order chi connectivity index (χ1) is 10.0. The monoisotopic (exact) mass is 313 g/mol. The van der Waals surface area contributed by atoms with Gasteiger partial charge in [0.2, 0.25) is 0 Å². The number of carbonyl (C=O) groups is 1. The average Bonchev–Trinajstić information content (AvgIpc) is 3.10. The molecule has 2 rings (SSSR count). The topological polar surface area (TPSA) is 119 Å². The van der Waals surface area contributed by atoms with Crippen LogP contribution in [0.15, 0.2) is 29.9 Å². The maximum Gasteiger partial charge on any atom is 0.342 e. The Morgan fingerprint density at radius 3 is 3.00 bits per heavy atom. The van der Waals surface area contributed by atoms with Crippen molar-refractivity contribution in [2.24, 2.45) is 0 Å². The predicted molar refractivity (Wildman–Crippen MR) is 72.0 cm³/mol. The van der Waals surface area contributed by atoms with Crippen molar-refractivity contribution < 1.29 is 17.9 Å². The zero-order chi connectivity index (χ0) is 15.3. The van der Waals surface area contributed by atoms with Crippen molar-refractivity contribution in [3.05, 3.63) is 30.5 Å². The first kappa shape index (κ1) is 15.2. The predicted octanol–water partition coefficient (Wildman–Crippen LogP) is -0.239. The van der Waals surface area contributed by atoms with Gasteiger partial charge in [0.1, 0.15) is 5.56 Å². The van der Waals surface area contributed by atoms with Gasteiger partial charge in [-0.25, -0.2) is 22.9 Å². The van der Waals surface area contributed by atoms with Crippen LogP contribution in [0, 0.1) is 0 Å². The molecule has 0 radical (unpaired) electrons. The summed E-state index contributed by atoms with van der Waals surface area (Å²) in [4.78, 5) is 15.5. The lowest BCUT2D eigenvalue weighted by Crippen LogP contribution is -2.29. The van der Waals surface area contributed by atoms with Crippen molar-refractivity contribution in [1.82, 2.24) is 24.5 Å². The molecule has 0 spiro atoms. The quantitative estimate of drug-likeness (QED) is 0.681. The Balaban J connectivity index is 2.05. The zero-order valence-corrected chi connectivity index (χ0v) is 12.1. The number of aromatic amines is 1. The molecule has 114 valence electrons. The van der Waals surface area contributed by atoms with Crippen LogP contribution in [0.5, 0.6) is 0 Å². The Labute approximate surface area is 121 Å². The molecular weight excluding hydrogens is 298 g/mol. The highest BCUT2D eigenvalue weighted by Gasteiger charge is 2.25. The van der Waals surface area contributed by atoms with Crippen molar-refractivity contribution in [2.75, 3.05) is 13.2 Å². The summed E-state index contributed by atoms with van der Waals surface area (Å²) in [5.74, 6) is -0.735. The molecule has 0 bridgehead atoms. The molecule has 2 heterocycles. The highest BCUT2D eigenvalue weighted by atomic mass is 32.2. The Morgan fingerprint density at radius 2 is 2.33 bits per heavy atom. The molecule has 21 heavy (non-hydrogen) atoms. The fraction of sp³-hybridized carbons (Fsp3) is 0.364. The van der Waals surface area contributed by atoms with Crippen LogP contribution in [-0.4, -0.2) is 47.3 Å². The number of H-pyrrole nitrogens is 1. The van der Waals surface area contributed by atoms with Crippen LogP contribution >= 0.6 is 0 Å². The highest BCUT2D eigenvalue weighted by Crippen LogP contribution is 2.12. The van der Waals surface area contributed by atoms with E-state index in [0.717, 1.165) is 6.20 Å². The van der Waals surface area contributed by atoms with Gasteiger partial charge >= 0.3 is 5.97 Å². The second kappa shape index (κ2) is 6.50. The molecule has 0 unspecified atom stereocenters. The number of esters is 1. The number of nitrogens with zero attached hydrogens (tertiary/aromatic N) is 3. The van der Waals surface area contributed by atoms with E-state index in [4.69, 9.17) is 4.74 Å². The smallest absolute Gasteiger partial charge is 0.342 e. The van der Waals surface area contributed by atoms with E-state index in [1.54, 1.807) is 30.2 Å². The molecule has 2 N–H and O–H groups in total. The van der Waals surface area contributed by atoms with Gasteiger partial charge in [-0.05, 0) is 6.92 Å². The molecular formula is C11H15N5O4S. The Kier molecular flexibility index (Phi) is 4.70. The number of rotatable bonds is 7. The number of hydrogen-bond acceptors (Lipinski definition) is 6. The highest BCUT2D eigenvalue weighted by molar-refractivity contribution is 7.89. The van der Waals surface area contributed by atoms with Crippen LogP contribution in [0.3, 0.4) is 0 Å². The van der Waals surface area contributed by atoms with Crippen molar-refractivity contribution in [3.8, 4) is 0 Å². The van der Waals surface area contributed by atoms with E-state index in [1.165, 1.54) is 0 Å². The number of imidazole rings is 1. The lowest BCUT2D eigenvalue weighted by Gasteiger charge is -2.07. The third-order valence-corrected chi connectivity index (χ3v) is 4.02. The zero-order valence-electron chi connectivity index (χ0n) is 11.3. The molecule has 2 aromatic rings. The Bertz CT molecular complexity index is 692. The SMILES string of the molecule is CCOC(=O)c1cn[nH]c1S(=O)(=O)NCCn1ccnc1. The third kappa shape index (κ3) is 3.67. The van der Waals surface area contributed by atoms with E-state index < -0.39 is 16.0 Å². The largest absolute Gasteiger partial charge is 0.462 e. The summed E-state index contributed by atoms with van der Waals surface area (Å²) in [6, 6.07) is 0. The summed E-state index contributed by atoms with van der Waals surface area (Å²) in [5.41, 5.74) is -0.119. The number of ether oxygens (including phenoxy) is 1. The van der Waals surface area contributed by atoms with Gasteiger partial charge in [-0.3, -0.25) is 5.10 Å². The van der Waals surface area contributed by atoms with Crippen LogP contribution in [-0.2, 0) is 21.3 Å². The van der Waals surface area contributed by atoms with Crippen molar-refractivity contribution >= 4 is 16.0 Å². The van der Waals surface area contributed by atoms with Crippen molar-refractivity contribution in [3.63, 3.8) is 0 Å². The van der Waals surface area contributed by atoms with Gasteiger partial charge < -0.3 is 9.30 Å². The molecule has 10 heteroatoms. The van der Waals surface area contributed by atoms with Crippen LogP contribution in [0.1, 0.15) is 17.3 Å². The Morgan fingerprint density at radius 1 is 1.52 bits per heavy atom. The maximum atomic E-state index is 12.1. The Hall–Kier alpha value is -2.20. The molecule has 0 saturated carbocycles.